The van der Waals surface area contributed by atoms with Crippen LogP contribution in [0.1, 0.15) is 13.3 Å². The second-order valence-corrected chi connectivity index (χ2v) is 6.74. The molecule has 0 aliphatic carbocycles. The number of hydrogen-bond acceptors (Lipinski definition) is 4. The Morgan fingerprint density at radius 1 is 1.35 bits per heavy atom. The minimum absolute atomic E-state index is 0.0537. The zero-order chi connectivity index (χ0) is 14.8. The van der Waals surface area contributed by atoms with Crippen LogP contribution in [0.2, 0.25) is 10.0 Å². The lowest BCUT2D eigenvalue weighted by molar-refractivity contribution is 0.600. The zero-order valence-electron chi connectivity index (χ0n) is 10.5. The third-order valence-electron chi connectivity index (χ3n) is 2.33. The van der Waals surface area contributed by atoms with Crippen molar-refractivity contribution >= 4 is 38.9 Å². The Bertz CT molecular complexity index is 715. The molecule has 0 atom stereocenters. The van der Waals surface area contributed by atoms with Crippen LogP contribution >= 0.6 is 23.2 Å². The zero-order valence-corrected chi connectivity index (χ0v) is 12.9. The molecule has 0 aliphatic heterocycles. The smallest absolute Gasteiger partial charge is 0.232 e. The lowest BCUT2D eigenvalue weighted by Crippen LogP contribution is -2.15. The van der Waals surface area contributed by atoms with Crippen molar-refractivity contribution in [2.45, 2.75) is 13.3 Å². The van der Waals surface area contributed by atoms with Gasteiger partial charge in [-0.1, -0.05) is 30.1 Å². The molecular weight excluding hydrogens is 323 g/mol. The first kappa shape index (κ1) is 15.1. The number of sulfonamides is 1. The molecule has 2 rings (SSSR count). The van der Waals surface area contributed by atoms with Crippen LogP contribution in [0, 0.1) is 0 Å². The average Bonchev–Trinajstić information content (AvgIpc) is 2.76. The lowest BCUT2D eigenvalue weighted by atomic mass is 10.4. The highest BCUT2D eigenvalue weighted by Gasteiger charge is 2.12. The quantitative estimate of drug-likeness (QED) is 0.911. The molecule has 0 radical (unpaired) electrons. The molecule has 0 spiro atoms. The number of nitrogens with one attached hydrogen (secondary N) is 1. The molecule has 0 aliphatic rings. The summed E-state index contributed by atoms with van der Waals surface area (Å²) < 4.78 is 27.1. The number of halogens is 2. The van der Waals surface area contributed by atoms with Crippen LogP contribution in [-0.2, 0) is 10.0 Å². The van der Waals surface area contributed by atoms with Gasteiger partial charge in [0.25, 0.3) is 0 Å². The van der Waals surface area contributed by atoms with Crippen molar-refractivity contribution < 1.29 is 8.42 Å². The molecule has 20 heavy (non-hydrogen) atoms. The number of anilines is 1. The van der Waals surface area contributed by atoms with E-state index in [1.165, 1.54) is 29.3 Å². The van der Waals surface area contributed by atoms with E-state index in [1.54, 1.807) is 6.92 Å². The van der Waals surface area contributed by atoms with Crippen molar-refractivity contribution in [1.82, 2.24) is 14.8 Å². The van der Waals surface area contributed by atoms with Crippen molar-refractivity contribution in [3.63, 3.8) is 0 Å². The van der Waals surface area contributed by atoms with Gasteiger partial charge in [-0.15, -0.1) is 0 Å². The van der Waals surface area contributed by atoms with Crippen molar-refractivity contribution in [3.8, 4) is 5.82 Å². The summed E-state index contributed by atoms with van der Waals surface area (Å²) in [5, 5.41) is 4.76. The molecule has 0 bridgehead atoms. The lowest BCUT2D eigenvalue weighted by Gasteiger charge is -2.04. The molecule has 0 fully saturated rings. The van der Waals surface area contributed by atoms with E-state index in [-0.39, 0.29) is 5.75 Å². The number of aromatic nitrogens is 3. The normalized spacial score (nSPS) is 11.6. The molecule has 2 aromatic rings. The van der Waals surface area contributed by atoms with Gasteiger partial charge in [-0.05, 0) is 12.5 Å². The van der Waals surface area contributed by atoms with Gasteiger partial charge in [-0.3, -0.25) is 4.72 Å². The molecule has 0 amide bonds. The molecule has 1 N–H and O–H groups in total. The van der Waals surface area contributed by atoms with Gasteiger partial charge < -0.3 is 0 Å². The topological polar surface area (TPSA) is 76.9 Å². The Kier molecular flexibility index (Phi) is 4.52. The molecule has 0 saturated carbocycles. The van der Waals surface area contributed by atoms with Gasteiger partial charge in [-0.2, -0.15) is 5.10 Å². The summed E-state index contributed by atoms with van der Waals surface area (Å²) in [6.07, 6.45) is 4.86. The van der Waals surface area contributed by atoms with E-state index < -0.39 is 10.0 Å². The molecule has 108 valence electrons. The predicted octanol–water partition coefficient (Wildman–Crippen LogP) is 2.73. The summed E-state index contributed by atoms with van der Waals surface area (Å²) in [5.41, 5.74) is 0.353. The average molecular weight is 335 g/mol. The van der Waals surface area contributed by atoms with Crippen LogP contribution in [-0.4, -0.2) is 28.9 Å². The fourth-order valence-electron chi connectivity index (χ4n) is 1.57. The number of nitrogens with zero attached hydrogens (tertiary/aromatic N) is 3. The molecule has 0 aromatic carbocycles. The van der Waals surface area contributed by atoms with E-state index in [0.717, 1.165) is 0 Å². The maximum Gasteiger partial charge on any atom is 0.232 e. The third-order valence-corrected chi connectivity index (χ3v) is 4.31. The number of rotatable bonds is 5. The van der Waals surface area contributed by atoms with E-state index in [2.05, 4.69) is 14.8 Å². The summed E-state index contributed by atoms with van der Waals surface area (Å²) in [6, 6.07) is 1.54. The summed E-state index contributed by atoms with van der Waals surface area (Å²) in [5.74, 6) is 0.426. The van der Waals surface area contributed by atoms with E-state index in [1.807, 2.05) is 0 Å². The van der Waals surface area contributed by atoms with Gasteiger partial charge in [0, 0.05) is 6.20 Å². The van der Waals surface area contributed by atoms with E-state index in [4.69, 9.17) is 23.2 Å². The fourth-order valence-corrected chi connectivity index (χ4v) is 3.14. The molecule has 2 aromatic heterocycles. The maximum atomic E-state index is 11.7. The fraction of sp³-hybridized carbons (Fsp3) is 0.273. The highest BCUT2D eigenvalue weighted by molar-refractivity contribution is 7.92. The summed E-state index contributed by atoms with van der Waals surface area (Å²) >= 11 is 11.8. The van der Waals surface area contributed by atoms with Gasteiger partial charge in [0.15, 0.2) is 5.82 Å². The van der Waals surface area contributed by atoms with E-state index >= 15 is 0 Å². The summed E-state index contributed by atoms with van der Waals surface area (Å²) in [7, 11) is -3.35. The van der Waals surface area contributed by atoms with Crippen molar-refractivity contribution in [1.29, 1.82) is 0 Å². The molecule has 9 heteroatoms. The molecule has 2 heterocycles. The van der Waals surface area contributed by atoms with E-state index in [9.17, 15) is 8.42 Å². The third kappa shape index (κ3) is 3.62. The Balaban J connectivity index is 2.25. The monoisotopic (exact) mass is 334 g/mol. The summed E-state index contributed by atoms with van der Waals surface area (Å²) in [6.45, 7) is 1.79. The van der Waals surface area contributed by atoms with Gasteiger partial charge in [0.2, 0.25) is 10.0 Å². The van der Waals surface area contributed by atoms with Crippen LogP contribution < -0.4 is 4.72 Å². The molecular formula is C11H12Cl2N4O2S. The van der Waals surface area contributed by atoms with Crippen LogP contribution in [0.4, 0.5) is 5.69 Å². The van der Waals surface area contributed by atoms with Crippen molar-refractivity contribution in [3.05, 3.63) is 34.7 Å². The van der Waals surface area contributed by atoms with Gasteiger partial charge in [-0.25, -0.2) is 18.1 Å². The van der Waals surface area contributed by atoms with Gasteiger partial charge in [0.1, 0.15) is 0 Å². The summed E-state index contributed by atoms with van der Waals surface area (Å²) in [4.78, 5) is 4.05. The second-order valence-electron chi connectivity index (χ2n) is 4.05. The number of hydrogen-bond donors (Lipinski definition) is 1. The van der Waals surface area contributed by atoms with Gasteiger partial charge >= 0.3 is 0 Å². The Morgan fingerprint density at radius 2 is 2.10 bits per heavy atom. The number of pyridine rings is 1. The van der Waals surface area contributed by atoms with Crippen LogP contribution in [0.5, 0.6) is 0 Å². The molecule has 0 saturated heterocycles. The Labute approximate surface area is 126 Å². The maximum absolute atomic E-state index is 11.7. The van der Waals surface area contributed by atoms with Gasteiger partial charge in [0.05, 0.1) is 33.9 Å². The molecule has 0 unspecified atom stereocenters. The Morgan fingerprint density at radius 3 is 2.75 bits per heavy atom. The predicted molar refractivity (Wildman–Crippen MR) is 79.1 cm³/mol. The minimum Gasteiger partial charge on any atom is -0.280 e. The first-order chi connectivity index (χ1) is 9.41. The highest BCUT2D eigenvalue weighted by atomic mass is 35.5. The highest BCUT2D eigenvalue weighted by Crippen LogP contribution is 2.22. The van der Waals surface area contributed by atoms with E-state index in [0.29, 0.717) is 28.0 Å². The van der Waals surface area contributed by atoms with Crippen molar-refractivity contribution in [2.75, 3.05) is 10.5 Å². The first-order valence-electron chi connectivity index (χ1n) is 5.78. The SMILES string of the molecule is CCCS(=O)(=O)Nc1cnn(-c2ncc(Cl)cc2Cl)c1. The minimum atomic E-state index is -3.35. The van der Waals surface area contributed by atoms with Crippen molar-refractivity contribution in [2.24, 2.45) is 0 Å². The second kappa shape index (κ2) is 5.99. The van der Waals surface area contributed by atoms with Crippen LogP contribution in [0.3, 0.4) is 0 Å². The largest absolute Gasteiger partial charge is 0.280 e. The Hall–Kier alpha value is -1.31. The molecule has 6 nitrogen and oxygen atoms in total. The van der Waals surface area contributed by atoms with Crippen LogP contribution in [0.25, 0.3) is 5.82 Å². The van der Waals surface area contributed by atoms with Crippen LogP contribution in [0.15, 0.2) is 24.7 Å². The standard InChI is InChI=1S/C11H12Cl2N4O2S/c1-2-3-20(18,19)16-9-6-15-17(7-9)11-10(13)4-8(12)5-14-11/h4-7,16H,2-3H2,1H3. The first-order valence-corrected chi connectivity index (χ1v) is 8.18.